The molecular formula is C20H13N5O2. The summed E-state index contributed by atoms with van der Waals surface area (Å²) >= 11 is 0. The third kappa shape index (κ3) is 2.91. The first kappa shape index (κ1) is 15.3. The maximum atomic E-state index is 11.4. The molecular weight excluding hydrogens is 342 g/mol. The number of nitro groups is 1. The van der Waals surface area contributed by atoms with Crippen LogP contribution in [0.2, 0.25) is 0 Å². The van der Waals surface area contributed by atoms with Crippen LogP contribution in [0.3, 0.4) is 0 Å². The second-order valence-corrected chi connectivity index (χ2v) is 6.32. The quantitative estimate of drug-likeness (QED) is 0.340. The van der Waals surface area contributed by atoms with Gasteiger partial charge in [-0.15, -0.1) is 0 Å². The highest BCUT2D eigenvalue weighted by molar-refractivity contribution is 5.80. The SMILES string of the molecule is O=[N+]([O-])c1cc2cc3ccc(cc4nc(cc5nc(cc1[nH]2)C=C5)C=C4)[nH]3. The zero-order valence-electron chi connectivity index (χ0n) is 14.0. The Kier molecular flexibility index (Phi) is 3.26. The lowest BCUT2D eigenvalue weighted by atomic mass is 10.3. The van der Waals surface area contributed by atoms with E-state index >= 15 is 0 Å². The molecule has 0 atom stereocenters. The number of nitrogens with one attached hydrogen (secondary N) is 2. The fourth-order valence-corrected chi connectivity index (χ4v) is 3.15. The highest BCUT2D eigenvalue weighted by atomic mass is 16.6. The highest BCUT2D eigenvalue weighted by Crippen LogP contribution is 2.23. The maximum absolute atomic E-state index is 11.4. The molecule has 2 N–H and O–H groups in total. The second-order valence-electron chi connectivity index (χ2n) is 6.32. The Bertz CT molecular complexity index is 1310. The van der Waals surface area contributed by atoms with Crippen LogP contribution in [0.1, 0.15) is 22.8 Å². The fourth-order valence-electron chi connectivity index (χ4n) is 3.15. The lowest BCUT2D eigenvalue weighted by Crippen LogP contribution is -1.85. The van der Waals surface area contributed by atoms with Crippen molar-refractivity contribution in [3.05, 3.63) is 75.4 Å². The van der Waals surface area contributed by atoms with Crippen LogP contribution in [0.25, 0.3) is 46.4 Å². The summed E-state index contributed by atoms with van der Waals surface area (Å²) in [5.41, 5.74) is 5.85. The van der Waals surface area contributed by atoms with Crippen molar-refractivity contribution < 1.29 is 4.92 Å². The summed E-state index contributed by atoms with van der Waals surface area (Å²) in [6, 6.07) is 12.7. The van der Waals surface area contributed by atoms with Gasteiger partial charge in [0.2, 0.25) is 0 Å². The second kappa shape index (κ2) is 5.77. The van der Waals surface area contributed by atoms with Crippen LogP contribution in [0.15, 0.2) is 42.5 Å². The summed E-state index contributed by atoms with van der Waals surface area (Å²) in [4.78, 5) is 26.5. The first-order valence-electron chi connectivity index (χ1n) is 8.35. The third-order valence-corrected chi connectivity index (χ3v) is 4.34. The maximum Gasteiger partial charge on any atom is 0.294 e. The zero-order chi connectivity index (χ0) is 18.4. The summed E-state index contributed by atoms with van der Waals surface area (Å²) < 4.78 is 0. The predicted octanol–water partition coefficient (Wildman–Crippen LogP) is 4.56. The average molecular weight is 355 g/mol. The minimum absolute atomic E-state index is 0.0133. The minimum Gasteiger partial charge on any atom is -0.355 e. The van der Waals surface area contributed by atoms with Crippen LogP contribution in [0, 0.1) is 10.1 Å². The highest BCUT2D eigenvalue weighted by Gasteiger charge is 2.12. The number of hydrogen-bond acceptors (Lipinski definition) is 4. The Morgan fingerprint density at radius 2 is 1.30 bits per heavy atom. The lowest BCUT2D eigenvalue weighted by Gasteiger charge is -1.86. The number of rotatable bonds is 1. The van der Waals surface area contributed by atoms with Crippen LogP contribution < -0.4 is 0 Å². The van der Waals surface area contributed by atoms with Crippen LogP contribution >= 0.6 is 0 Å². The molecule has 0 radical (unpaired) electrons. The van der Waals surface area contributed by atoms with Crippen molar-refractivity contribution in [2.75, 3.05) is 0 Å². The summed E-state index contributed by atoms with van der Waals surface area (Å²) in [6.07, 6.45) is 7.56. The Morgan fingerprint density at radius 3 is 1.96 bits per heavy atom. The molecule has 8 bridgehead atoms. The minimum atomic E-state index is -0.396. The Hall–Kier alpha value is -4.00. The van der Waals surface area contributed by atoms with Gasteiger partial charge in [0.25, 0.3) is 5.69 Å². The molecule has 0 saturated heterocycles. The summed E-state index contributed by atoms with van der Waals surface area (Å²) in [7, 11) is 0. The van der Waals surface area contributed by atoms with E-state index in [0.29, 0.717) is 16.7 Å². The third-order valence-electron chi connectivity index (χ3n) is 4.34. The Labute approximate surface area is 152 Å². The number of aromatic nitrogens is 4. The normalized spacial score (nSPS) is 12.4. The number of hydrogen-bond donors (Lipinski definition) is 2. The molecule has 5 rings (SSSR count). The van der Waals surface area contributed by atoms with Gasteiger partial charge < -0.3 is 9.97 Å². The molecule has 7 nitrogen and oxygen atoms in total. The Balaban J connectivity index is 1.88. The van der Waals surface area contributed by atoms with Crippen LogP contribution in [0.5, 0.6) is 0 Å². The van der Waals surface area contributed by atoms with Crippen LogP contribution in [-0.4, -0.2) is 24.9 Å². The van der Waals surface area contributed by atoms with Gasteiger partial charge in [-0.1, -0.05) is 0 Å². The van der Waals surface area contributed by atoms with Gasteiger partial charge in [-0.3, -0.25) is 10.1 Å². The number of H-pyrrole nitrogens is 2. The molecule has 27 heavy (non-hydrogen) atoms. The van der Waals surface area contributed by atoms with E-state index in [1.807, 2.05) is 54.6 Å². The van der Waals surface area contributed by atoms with Gasteiger partial charge in [0.1, 0.15) is 5.52 Å². The molecule has 130 valence electrons. The van der Waals surface area contributed by atoms with Gasteiger partial charge in [-0.25, -0.2) is 9.97 Å². The standard InChI is InChI=1S/C20H13N5O2/c26-25(27)20-11-18-9-16-4-3-14(22-16)7-12-1-2-13(21-12)8-15-5-6-17(23-15)10-19(20)24-18/h1-11,22,24H. The van der Waals surface area contributed by atoms with Gasteiger partial charge in [-0.05, 0) is 60.7 Å². The molecule has 0 unspecified atom stereocenters. The number of aromatic amines is 2. The summed E-state index contributed by atoms with van der Waals surface area (Å²) in [5.74, 6) is 0. The van der Waals surface area contributed by atoms with E-state index in [1.165, 1.54) is 6.07 Å². The molecule has 3 aromatic heterocycles. The molecule has 0 saturated carbocycles. The van der Waals surface area contributed by atoms with Gasteiger partial charge in [0.05, 0.1) is 27.7 Å². The molecule has 0 fully saturated rings. The molecule has 0 aliphatic carbocycles. The number of nitrogens with zero attached hydrogens (tertiary/aromatic N) is 3. The van der Waals surface area contributed by atoms with E-state index in [1.54, 1.807) is 6.07 Å². The first-order chi connectivity index (χ1) is 13.1. The van der Waals surface area contributed by atoms with Crippen molar-refractivity contribution in [3.63, 3.8) is 0 Å². The zero-order valence-corrected chi connectivity index (χ0v) is 14.0. The Morgan fingerprint density at radius 1 is 0.704 bits per heavy atom. The van der Waals surface area contributed by atoms with Crippen molar-refractivity contribution in [3.8, 4) is 0 Å². The van der Waals surface area contributed by atoms with Crippen molar-refractivity contribution in [1.82, 2.24) is 19.9 Å². The van der Waals surface area contributed by atoms with E-state index < -0.39 is 4.92 Å². The molecule has 0 aromatic carbocycles. The van der Waals surface area contributed by atoms with Crippen molar-refractivity contribution in [2.24, 2.45) is 0 Å². The summed E-state index contributed by atoms with van der Waals surface area (Å²) in [5, 5.41) is 11.4. The molecule has 5 heterocycles. The van der Waals surface area contributed by atoms with Crippen LogP contribution in [0.4, 0.5) is 5.69 Å². The summed E-state index contributed by atoms with van der Waals surface area (Å²) in [6.45, 7) is 0. The topological polar surface area (TPSA) is 100 Å². The monoisotopic (exact) mass is 355 g/mol. The lowest BCUT2D eigenvalue weighted by molar-refractivity contribution is -0.382. The molecule has 3 aromatic rings. The molecule has 0 spiro atoms. The average Bonchev–Trinajstić information content (AvgIpc) is 3.38. The van der Waals surface area contributed by atoms with Crippen molar-refractivity contribution in [1.29, 1.82) is 0 Å². The van der Waals surface area contributed by atoms with E-state index in [0.717, 1.165) is 28.1 Å². The van der Waals surface area contributed by atoms with Crippen molar-refractivity contribution >= 4 is 52.1 Å². The van der Waals surface area contributed by atoms with Gasteiger partial charge >= 0.3 is 0 Å². The predicted molar refractivity (Wildman–Crippen MR) is 106 cm³/mol. The van der Waals surface area contributed by atoms with Crippen LogP contribution in [-0.2, 0) is 0 Å². The van der Waals surface area contributed by atoms with E-state index in [-0.39, 0.29) is 5.69 Å². The van der Waals surface area contributed by atoms with Gasteiger partial charge in [0.15, 0.2) is 0 Å². The van der Waals surface area contributed by atoms with E-state index in [2.05, 4.69) is 19.9 Å². The molecule has 7 heteroatoms. The van der Waals surface area contributed by atoms with Gasteiger partial charge in [0, 0.05) is 22.6 Å². The van der Waals surface area contributed by atoms with E-state index in [9.17, 15) is 10.1 Å². The molecule has 0 amide bonds. The fraction of sp³-hybridized carbons (Fsp3) is 0. The molecule has 2 aliphatic rings. The smallest absolute Gasteiger partial charge is 0.294 e. The number of fused-ring (bicyclic) bond motifs is 8. The largest absolute Gasteiger partial charge is 0.355 e. The van der Waals surface area contributed by atoms with Crippen molar-refractivity contribution in [2.45, 2.75) is 0 Å². The molecule has 2 aliphatic heterocycles. The van der Waals surface area contributed by atoms with Gasteiger partial charge in [-0.2, -0.15) is 0 Å². The van der Waals surface area contributed by atoms with E-state index in [4.69, 9.17) is 0 Å². The first-order valence-corrected chi connectivity index (χ1v) is 8.35.